The summed E-state index contributed by atoms with van der Waals surface area (Å²) in [5.74, 6) is -2.37. The monoisotopic (exact) mass is 235 g/mol. The van der Waals surface area contributed by atoms with E-state index in [1.54, 1.807) is 0 Å². The number of aliphatic carboxylic acids is 2. The SMILES string of the molecule is C[C@H](O)C(=O)O.C[C@H](O)C(=O)O.[Mn]. The van der Waals surface area contributed by atoms with Crippen molar-refractivity contribution in [3.05, 3.63) is 0 Å². The Labute approximate surface area is 85.7 Å². The quantitative estimate of drug-likeness (QED) is 0.451. The van der Waals surface area contributed by atoms with Gasteiger partial charge in [-0.1, -0.05) is 0 Å². The van der Waals surface area contributed by atoms with Crippen LogP contribution in [-0.4, -0.2) is 44.6 Å². The van der Waals surface area contributed by atoms with Crippen molar-refractivity contribution >= 4 is 11.9 Å². The van der Waals surface area contributed by atoms with E-state index in [0.29, 0.717) is 0 Å². The van der Waals surface area contributed by atoms with Gasteiger partial charge >= 0.3 is 11.9 Å². The number of hydrogen-bond acceptors (Lipinski definition) is 4. The summed E-state index contributed by atoms with van der Waals surface area (Å²) in [6.07, 6.45) is -2.46. The average molecular weight is 235 g/mol. The number of aliphatic hydroxyl groups excluding tert-OH is 2. The molecule has 0 saturated carbocycles. The minimum Gasteiger partial charge on any atom is -0.479 e. The summed E-state index contributed by atoms with van der Waals surface area (Å²) in [4.78, 5) is 18.9. The minimum absolute atomic E-state index is 0. The van der Waals surface area contributed by atoms with Gasteiger partial charge in [-0.15, -0.1) is 0 Å². The van der Waals surface area contributed by atoms with E-state index in [9.17, 15) is 9.59 Å². The molecule has 0 heterocycles. The van der Waals surface area contributed by atoms with Crippen molar-refractivity contribution in [3.63, 3.8) is 0 Å². The Kier molecular flexibility index (Phi) is 13.3. The largest absolute Gasteiger partial charge is 0.479 e. The van der Waals surface area contributed by atoms with Crippen LogP contribution in [0.25, 0.3) is 0 Å². The van der Waals surface area contributed by atoms with Gasteiger partial charge in [-0.05, 0) is 13.8 Å². The molecule has 2 atom stereocenters. The van der Waals surface area contributed by atoms with Gasteiger partial charge in [0.15, 0.2) is 0 Å². The molecule has 0 aromatic heterocycles. The van der Waals surface area contributed by atoms with Gasteiger partial charge in [0.2, 0.25) is 0 Å². The molecule has 0 bridgehead atoms. The number of carbonyl (C=O) groups is 2. The van der Waals surface area contributed by atoms with Crippen molar-refractivity contribution in [1.29, 1.82) is 0 Å². The van der Waals surface area contributed by atoms with E-state index in [2.05, 4.69) is 0 Å². The zero-order valence-corrected chi connectivity index (χ0v) is 8.32. The van der Waals surface area contributed by atoms with E-state index in [1.165, 1.54) is 13.8 Å². The smallest absolute Gasteiger partial charge is 0.332 e. The topological polar surface area (TPSA) is 115 Å². The van der Waals surface area contributed by atoms with Crippen LogP contribution in [0.1, 0.15) is 13.8 Å². The first kappa shape index (κ1) is 18.2. The van der Waals surface area contributed by atoms with Gasteiger partial charge in [0, 0.05) is 17.1 Å². The van der Waals surface area contributed by atoms with Gasteiger partial charge in [0.25, 0.3) is 0 Å². The van der Waals surface area contributed by atoms with Crippen molar-refractivity contribution in [2.75, 3.05) is 0 Å². The molecule has 0 unspecified atom stereocenters. The van der Waals surface area contributed by atoms with Crippen LogP contribution in [0.15, 0.2) is 0 Å². The molecular weight excluding hydrogens is 223 g/mol. The van der Waals surface area contributed by atoms with Crippen molar-refractivity contribution in [2.45, 2.75) is 26.1 Å². The molecule has 13 heavy (non-hydrogen) atoms. The molecular formula is C6H12MnO6. The molecule has 4 N–H and O–H groups in total. The van der Waals surface area contributed by atoms with E-state index in [-0.39, 0.29) is 17.1 Å². The van der Waals surface area contributed by atoms with Gasteiger partial charge < -0.3 is 20.4 Å². The normalized spacial score (nSPS) is 12.6. The third-order valence-corrected chi connectivity index (χ3v) is 0.715. The van der Waals surface area contributed by atoms with Crippen LogP contribution in [0.2, 0.25) is 0 Å². The molecule has 7 heteroatoms. The molecule has 0 saturated heterocycles. The standard InChI is InChI=1S/2C3H6O3.Mn/c2*1-2(4)3(5)6;/h2*2,4H,1H3,(H,5,6);/t2*2-;/m00./s1. The maximum Gasteiger partial charge on any atom is 0.332 e. The summed E-state index contributed by atoms with van der Waals surface area (Å²) in [6, 6.07) is 0. The van der Waals surface area contributed by atoms with Crippen molar-refractivity contribution in [1.82, 2.24) is 0 Å². The van der Waals surface area contributed by atoms with E-state index in [0.717, 1.165) is 0 Å². The molecule has 0 aromatic carbocycles. The van der Waals surface area contributed by atoms with Crippen molar-refractivity contribution in [2.24, 2.45) is 0 Å². The Morgan fingerprint density at radius 2 is 1.00 bits per heavy atom. The predicted octanol–water partition coefficient (Wildman–Crippen LogP) is -1.10. The zero-order chi connectivity index (χ0) is 10.3. The molecule has 79 valence electrons. The van der Waals surface area contributed by atoms with Gasteiger partial charge in [0.05, 0.1) is 0 Å². The molecule has 0 rings (SSSR count). The number of rotatable bonds is 2. The minimum atomic E-state index is -1.23. The zero-order valence-electron chi connectivity index (χ0n) is 7.14. The molecule has 0 spiro atoms. The molecule has 0 fully saturated rings. The van der Waals surface area contributed by atoms with Crippen LogP contribution in [0.4, 0.5) is 0 Å². The van der Waals surface area contributed by atoms with Crippen molar-refractivity contribution in [3.8, 4) is 0 Å². The van der Waals surface area contributed by atoms with Crippen LogP contribution in [0, 0.1) is 0 Å². The Hall–Kier alpha value is -0.621. The molecule has 0 aliphatic carbocycles. The summed E-state index contributed by atoms with van der Waals surface area (Å²) >= 11 is 0. The molecule has 0 amide bonds. The third kappa shape index (κ3) is 18.4. The Morgan fingerprint density at radius 3 is 1.00 bits per heavy atom. The number of carboxylic acid groups (broad SMARTS) is 2. The van der Waals surface area contributed by atoms with Gasteiger partial charge in [-0.3, -0.25) is 0 Å². The van der Waals surface area contributed by atoms with Crippen LogP contribution in [0.5, 0.6) is 0 Å². The average Bonchev–Trinajstić information content (AvgIpc) is 1.88. The fraction of sp³-hybridized carbons (Fsp3) is 0.667. The first-order chi connectivity index (χ1) is 5.29. The Balaban J connectivity index is -0.000000143. The fourth-order valence-electron chi connectivity index (χ4n) is 0. The number of carboxylic acids is 2. The Morgan fingerprint density at radius 1 is 0.923 bits per heavy atom. The first-order valence-corrected chi connectivity index (χ1v) is 3.10. The molecule has 0 aliphatic rings. The summed E-state index contributed by atoms with van der Waals surface area (Å²) in [5.41, 5.74) is 0. The van der Waals surface area contributed by atoms with Crippen LogP contribution >= 0.6 is 0 Å². The van der Waals surface area contributed by atoms with Gasteiger partial charge in [-0.25, -0.2) is 9.59 Å². The molecule has 1 radical (unpaired) electrons. The second-order valence-corrected chi connectivity index (χ2v) is 2.03. The second-order valence-electron chi connectivity index (χ2n) is 2.03. The van der Waals surface area contributed by atoms with Crippen LogP contribution in [0.3, 0.4) is 0 Å². The predicted molar refractivity (Wildman–Crippen MR) is 38.6 cm³/mol. The van der Waals surface area contributed by atoms with Gasteiger partial charge in [0.1, 0.15) is 12.2 Å². The maximum absolute atomic E-state index is 9.45. The second kappa shape index (κ2) is 9.47. The Bertz CT molecular complexity index is 137. The molecule has 0 aliphatic heterocycles. The molecule has 0 aromatic rings. The fourth-order valence-corrected chi connectivity index (χ4v) is 0. The van der Waals surface area contributed by atoms with E-state index in [1.807, 2.05) is 0 Å². The maximum atomic E-state index is 9.45. The first-order valence-electron chi connectivity index (χ1n) is 3.10. The summed E-state index contributed by atoms with van der Waals surface area (Å²) in [5, 5.41) is 31.5. The third-order valence-electron chi connectivity index (χ3n) is 0.715. The van der Waals surface area contributed by atoms with Gasteiger partial charge in [-0.2, -0.15) is 0 Å². The van der Waals surface area contributed by atoms with E-state index in [4.69, 9.17) is 20.4 Å². The number of hydrogen-bond donors (Lipinski definition) is 4. The van der Waals surface area contributed by atoms with Crippen LogP contribution < -0.4 is 0 Å². The summed E-state index contributed by atoms with van der Waals surface area (Å²) in [7, 11) is 0. The number of aliphatic hydroxyl groups is 2. The van der Waals surface area contributed by atoms with Crippen LogP contribution in [-0.2, 0) is 26.7 Å². The van der Waals surface area contributed by atoms with Crippen molar-refractivity contribution < 1.29 is 47.1 Å². The molecule has 6 nitrogen and oxygen atoms in total. The summed E-state index contributed by atoms with van der Waals surface area (Å²) < 4.78 is 0. The van der Waals surface area contributed by atoms with E-state index < -0.39 is 24.1 Å². The summed E-state index contributed by atoms with van der Waals surface area (Å²) in [6.45, 7) is 2.39. The van der Waals surface area contributed by atoms with E-state index >= 15 is 0 Å².